The van der Waals surface area contributed by atoms with E-state index >= 15 is 0 Å². The number of hydrogen-bond acceptors (Lipinski definition) is 7. The molecule has 0 aromatic heterocycles. The number of nitrogens with two attached hydrogens (primary N) is 1. The molecule has 2 aliphatic rings. The van der Waals surface area contributed by atoms with Gasteiger partial charge < -0.3 is 20.3 Å². The zero-order valence-corrected chi connectivity index (χ0v) is 12.2. The zero-order valence-electron chi connectivity index (χ0n) is 12.2. The lowest BCUT2D eigenvalue weighted by atomic mass is 9.87. The van der Waals surface area contributed by atoms with E-state index in [9.17, 15) is 19.7 Å². The Balaban J connectivity index is 1.70. The van der Waals surface area contributed by atoms with Gasteiger partial charge in [-0.3, -0.25) is 4.79 Å². The molecule has 1 aliphatic heterocycles. The van der Waals surface area contributed by atoms with E-state index in [2.05, 4.69) is 4.84 Å². The average Bonchev–Trinajstić information content (AvgIpc) is 2.48. The summed E-state index contributed by atoms with van der Waals surface area (Å²) in [6.45, 7) is 1.70. The molecule has 2 amide bonds. The summed E-state index contributed by atoms with van der Waals surface area (Å²) in [6.07, 6.45) is 1.53. The molecule has 10 heteroatoms. The third-order valence-electron chi connectivity index (χ3n) is 4.01. The number of hydroxylamine groups is 2. The van der Waals surface area contributed by atoms with E-state index in [-0.39, 0.29) is 11.9 Å². The van der Waals surface area contributed by atoms with Gasteiger partial charge in [-0.1, -0.05) is 0 Å². The number of piperazine rings is 1. The van der Waals surface area contributed by atoms with Crippen molar-refractivity contribution in [3.63, 3.8) is 0 Å². The highest BCUT2D eigenvalue weighted by Gasteiger charge is 2.31. The molecule has 2 fully saturated rings. The molecule has 1 heterocycles. The van der Waals surface area contributed by atoms with E-state index in [4.69, 9.17) is 10.6 Å². The zero-order chi connectivity index (χ0) is 16.1. The smallest absolute Gasteiger partial charge is 0.328 e. The summed E-state index contributed by atoms with van der Waals surface area (Å²) in [5, 5.41) is 11.0. The molecule has 1 saturated heterocycles. The van der Waals surface area contributed by atoms with Crippen molar-refractivity contribution in [3.05, 3.63) is 10.1 Å². The third-order valence-corrected chi connectivity index (χ3v) is 4.01. The molecule has 2 N–H and O–H groups in total. The molecule has 22 heavy (non-hydrogen) atoms. The summed E-state index contributed by atoms with van der Waals surface area (Å²) >= 11 is 0. The van der Waals surface area contributed by atoms with Gasteiger partial charge in [0, 0.05) is 13.1 Å². The van der Waals surface area contributed by atoms with Gasteiger partial charge in [-0.25, -0.2) is 4.79 Å². The van der Waals surface area contributed by atoms with Crippen molar-refractivity contribution in [1.29, 1.82) is 0 Å². The lowest BCUT2D eigenvalue weighted by molar-refractivity contribution is -0.769. The van der Waals surface area contributed by atoms with E-state index in [1.807, 2.05) is 0 Å². The number of hydrogen-bond donors (Lipinski definition) is 1. The van der Waals surface area contributed by atoms with Gasteiger partial charge in [-0.15, -0.1) is 15.2 Å². The van der Waals surface area contributed by atoms with E-state index in [0.717, 1.165) is 0 Å². The number of rotatable bonds is 4. The molecular weight excluding hydrogens is 296 g/mol. The molecule has 1 aliphatic carbocycles. The minimum absolute atomic E-state index is 0.263. The Morgan fingerprint density at radius 2 is 1.68 bits per heavy atom. The van der Waals surface area contributed by atoms with Gasteiger partial charge >= 0.3 is 12.0 Å². The summed E-state index contributed by atoms with van der Waals surface area (Å²) < 4.78 is 0. The fourth-order valence-corrected chi connectivity index (χ4v) is 2.73. The molecule has 124 valence electrons. The molecule has 1 saturated carbocycles. The minimum atomic E-state index is -0.790. The Morgan fingerprint density at radius 1 is 1.09 bits per heavy atom. The second-order valence-electron chi connectivity index (χ2n) is 5.47. The Bertz CT molecular complexity index is 429. The first-order valence-electron chi connectivity index (χ1n) is 7.28. The van der Waals surface area contributed by atoms with Gasteiger partial charge in [-0.05, 0) is 25.7 Å². The van der Waals surface area contributed by atoms with Gasteiger partial charge in [0.1, 0.15) is 6.10 Å². The summed E-state index contributed by atoms with van der Waals surface area (Å²) in [7, 11) is 0. The molecule has 0 spiro atoms. The van der Waals surface area contributed by atoms with Crippen LogP contribution in [0.25, 0.3) is 0 Å². The van der Waals surface area contributed by atoms with Crippen molar-refractivity contribution in [2.24, 2.45) is 11.7 Å². The molecule has 0 aromatic carbocycles. The monoisotopic (exact) mass is 316 g/mol. The SMILES string of the molecule is NC(=O)N1CCN(OC(=O)C2CCC(O[N+](=O)[O-])CC2)CC1. The van der Waals surface area contributed by atoms with E-state index in [1.165, 1.54) is 9.96 Å². The van der Waals surface area contributed by atoms with Crippen LogP contribution >= 0.6 is 0 Å². The summed E-state index contributed by atoms with van der Waals surface area (Å²) in [5.41, 5.74) is 5.18. The number of carbonyl (C=O) groups is 2. The maximum absolute atomic E-state index is 12.1. The highest BCUT2D eigenvalue weighted by atomic mass is 17.0. The van der Waals surface area contributed by atoms with Crippen molar-refractivity contribution in [2.75, 3.05) is 26.2 Å². The molecule has 2 rings (SSSR count). The van der Waals surface area contributed by atoms with Gasteiger partial charge in [0.25, 0.3) is 5.09 Å². The molecular formula is C12H20N4O6. The topological polar surface area (TPSA) is 128 Å². The van der Waals surface area contributed by atoms with Gasteiger partial charge in [-0.2, -0.15) is 0 Å². The van der Waals surface area contributed by atoms with Crippen molar-refractivity contribution in [1.82, 2.24) is 9.96 Å². The number of nitrogens with zero attached hydrogens (tertiary/aromatic N) is 3. The number of primary amides is 1. The molecule has 0 atom stereocenters. The van der Waals surface area contributed by atoms with E-state index < -0.39 is 17.2 Å². The van der Waals surface area contributed by atoms with Crippen molar-refractivity contribution in [3.8, 4) is 0 Å². The second kappa shape index (κ2) is 7.25. The first-order chi connectivity index (χ1) is 10.5. The van der Waals surface area contributed by atoms with Gasteiger partial charge in [0.05, 0.1) is 19.0 Å². The number of carbonyl (C=O) groups excluding carboxylic acids is 2. The van der Waals surface area contributed by atoms with Gasteiger partial charge in [0.15, 0.2) is 0 Å². The van der Waals surface area contributed by atoms with Crippen LogP contribution in [-0.4, -0.2) is 59.3 Å². The fourth-order valence-electron chi connectivity index (χ4n) is 2.73. The Hall–Kier alpha value is -2.10. The van der Waals surface area contributed by atoms with Crippen LogP contribution in [0, 0.1) is 16.0 Å². The molecule has 0 unspecified atom stereocenters. The summed E-state index contributed by atoms with van der Waals surface area (Å²) in [5.74, 6) is -0.590. The Morgan fingerprint density at radius 3 is 2.18 bits per heavy atom. The van der Waals surface area contributed by atoms with Crippen LogP contribution in [0.5, 0.6) is 0 Å². The molecule has 10 nitrogen and oxygen atoms in total. The van der Waals surface area contributed by atoms with E-state index in [1.54, 1.807) is 0 Å². The van der Waals surface area contributed by atoms with Crippen LogP contribution in [-0.2, 0) is 14.5 Å². The Kier molecular flexibility index (Phi) is 5.36. The third kappa shape index (κ3) is 4.45. The lowest BCUT2D eigenvalue weighted by Gasteiger charge is -2.33. The highest BCUT2D eigenvalue weighted by molar-refractivity contribution is 5.73. The molecule has 0 radical (unpaired) electrons. The quantitative estimate of drug-likeness (QED) is 0.566. The standard InChI is InChI=1S/C12H20N4O6/c13-12(18)14-5-7-15(8-6-14)22-11(17)9-1-3-10(4-2-9)21-16(19)20/h9-10H,1-8H2,(H2,13,18). The number of amides is 2. The molecule has 0 bridgehead atoms. The summed E-state index contributed by atoms with van der Waals surface area (Å²) in [6, 6.07) is -0.477. The van der Waals surface area contributed by atoms with E-state index in [0.29, 0.717) is 51.9 Å². The van der Waals surface area contributed by atoms with Crippen molar-refractivity contribution in [2.45, 2.75) is 31.8 Å². The van der Waals surface area contributed by atoms with Crippen LogP contribution in [0.15, 0.2) is 0 Å². The average molecular weight is 316 g/mol. The maximum atomic E-state index is 12.1. The highest BCUT2D eigenvalue weighted by Crippen LogP contribution is 2.27. The van der Waals surface area contributed by atoms with Crippen LogP contribution in [0.3, 0.4) is 0 Å². The predicted molar refractivity (Wildman–Crippen MR) is 72.6 cm³/mol. The Labute approximate surface area is 127 Å². The largest absolute Gasteiger partial charge is 0.368 e. The second-order valence-corrected chi connectivity index (χ2v) is 5.47. The first-order valence-corrected chi connectivity index (χ1v) is 7.28. The van der Waals surface area contributed by atoms with Crippen LogP contribution in [0.4, 0.5) is 4.79 Å². The predicted octanol–water partition coefficient (Wildman–Crippen LogP) is -0.0920. The maximum Gasteiger partial charge on any atom is 0.328 e. The molecule has 0 aromatic rings. The van der Waals surface area contributed by atoms with Crippen LogP contribution in [0.2, 0.25) is 0 Å². The number of urea groups is 1. The van der Waals surface area contributed by atoms with Crippen LogP contribution in [0.1, 0.15) is 25.7 Å². The normalized spacial score (nSPS) is 26.3. The van der Waals surface area contributed by atoms with Gasteiger partial charge in [0.2, 0.25) is 0 Å². The van der Waals surface area contributed by atoms with Crippen LogP contribution < -0.4 is 5.73 Å². The minimum Gasteiger partial charge on any atom is -0.368 e. The van der Waals surface area contributed by atoms with Crippen molar-refractivity contribution < 1.29 is 24.4 Å². The summed E-state index contributed by atoms with van der Waals surface area (Å²) in [4.78, 5) is 44.7. The lowest BCUT2D eigenvalue weighted by Crippen LogP contribution is -2.51. The van der Waals surface area contributed by atoms with Crippen molar-refractivity contribution >= 4 is 12.0 Å². The first kappa shape index (κ1) is 16.3. The fraction of sp³-hybridized carbons (Fsp3) is 0.833.